The summed E-state index contributed by atoms with van der Waals surface area (Å²) in [6, 6.07) is 34.7. The third-order valence-corrected chi connectivity index (χ3v) is 27.6. The van der Waals surface area contributed by atoms with E-state index in [0.29, 0.717) is 55.1 Å². The fraction of sp³-hybridized carbons (Fsp3) is 0.688. The van der Waals surface area contributed by atoms with Crippen LogP contribution in [0.5, 0.6) is 0 Å². The third-order valence-electron chi connectivity index (χ3n) is 16.9. The molecule has 4 aliphatic rings. The van der Waals surface area contributed by atoms with Gasteiger partial charge in [0.2, 0.25) is 30.1 Å². The van der Waals surface area contributed by atoms with Crippen LogP contribution in [0, 0.1) is 27.1 Å². The summed E-state index contributed by atoms with van der Waals surface area (Å²) >= 11 is 0. The monoisotopic (exact) mass is 1600 g/mol. The van der Waals surface area contributed by atoms with Crippen molar-refractivity contribution < 1.29 is 63.7 Å². The van der Waals surface area contributed by atoms with Gasteiger partial charge in [-0.1, -0.05) is 264 Å². The smallest absolute Gasteiger partial charge is 0.269 e. The van der Waals surface area contributed by atoms with E-state index < -0.39 is 77.3 Å². The van der Waals surface area contributed by atoms with Gasteiger partial charge in [-0.25, -0.2) is 42.3 Å². The standard InChI is InChI=1S/C12H17NO2S.C12H16O2S.2C10H14.C8H15F3.C8H20N2O2S.C8H17NO2S.C4H12N2O2S.C4H9NO2S.CH4/c1-12(2,3)9-13-11-7-5-4-6-10(11)8-16(13,14)15;1-12(2,3)11-5-4-9-7-15(13,14)8-10(9)6-11;2*1-10(2,3)9-7-5-4-6-8-9;1-6(2,3)7(4,5)8(9,10)11;1-8(2,3)7-10(6)13(11,12)9(4)5;1-8(2,3)7-9-5-4-6-12(9,10)11;1-5(2)9(7,8)6(3)4;1-5-3-2-4-8(5,6)7;/h4-7H,8-9H2,1-3H3;4-6H,7-8H2,1-3H3;2*4-8H,1-3H3;1-5H3;7H2,1-6H3;4-7H2,1-3H3;1-4H3;2-4H2,1H3;1H4. The summed E-state index contributed by atoms with van der Waals surface area (Å²) < 4.78 is 182. The topological polar surface area (TPSA) is 228 Å². The van der Waals surface area contributed by atoms with E-state index in [1.807, 2.05) is 84.0 Å². The highest BCUT2D eigenvalue weighted by molar-refractivity contribution is 7.92. The predicted octanol–water partition coefficient (Wildman–Crippen LogP) is 15.9. The number of hydrogen-bond donors (Lipinski definition) is 0. The predicted molar refractivity (Wildman–Crippen MR) is 435 cm³/mol. The molecule has 0 N–H and O–H groups in total. The lowest BCUT2D eigenvalue weighted by Crippen LogP contribution is -2.43. The van der Waals surface area contributed by atoms with Crippen molar-refractivity contribution in [2.24, 2.45) is 27.1 Å². The van der Waals surface area contributed by atoms with Crippen molar-refractivity contribution in [1.82, 2.24) is 25.8 Å². The van der Waals surface area contributed by atoms with E-state index in [1.165, 1.54) is 85.7 Å². The first-order valence-electron chi connectivity index (χ1n) is 34.9. The second-order valence-electron chi connectivity index (χ2n) is 35.6. The van der Waals surface area contributed by atoms with Crippen LogP contribution in [-0.4, -0.2) is 183 Å². The first-order valence-corrected chi connectivity index (χ1v) is 44.4. The minimum absolute atomic E-state index is 0. The van der Waals surface area contributed by atoms with Crippen LogP contribution in [0.4, 0.5) is 18.9 Å². The second-order valence-corrected chi connectivity index (χ2v) is 48.4. The van der Waals surface area contributed by atoms with Crippen LogP contribution in [0.15, 0.2) is 103 Å². The third kappa shape index (κ3) is 36.5. The van der Waals surface area contributed by atoms with Crippen LogP contribution in [0.3, 0.4) is 0 Å². The minimum atomic E-state index is -4.12. The summed E-state index contributed by atoms with van der Waals surface area (Å²) in [6.07, 6.45) is -2.54. The summed E-state index contributed by atoms with van der Waals surface area (Å²) in [5, 5.41) is 0. The van der Waals surface area contributed by atoms with Gasteiger partial charge in [-0.05, 0) is 90.2 Å². The average Bonchev–Trinajstić information content (AvgIpc) is 1.68. The van der Waals surface area contributed by atoms with Crippen LogP contribution < -0.4 is 4.31 Å². The first-order chi connectivity index (χ1) is 46.2. The van der Waals surface area contributed by atoms with Gasteiger partial charge >= 0.3 is 6.18 Å². The quantitative estimate of drug-likeness (QED) is 0.168. The number of sulfone groups is 1. The molecule has 4 aliphatic heterocycles. The molecule has 0 spiro atoms. The van der Waals surface area contributed by atoms with Gasteiger partial charge in [0.05, 0.1) is 39.9 Å². The van der Waals surface area contributed by atoms with Gasteiger partial charge in [-0.15, -0.1) is 0 Å². The Morgan fingerprint density at radius 1 is 0.419 bits per heavy atom. The zero-order chi connectivity index (χ0) is 82.1. The van der Waals surface area contributed by atoms with Crippen molar-refractivity contribution in [3.63, 3.8) is 0 Å². The molecule has 0 saturated carbocycles. The molecule has 2 fully saturated rings. The summed E-state index contributed by atoms with van der Waals surface area (Å²) in [7, 11) is -5.82. The summed E-state index contributed by atoms with van der Waals surface area (Å²) in [6.45, 7) is 48.4. The first kappa shape index (κ1) is 103. The Morgan fingerprint density at radius 2 is 0.800 bits per heavy atom. The Balaban J connectivity index is 0. The number of para-hydroxylation sites is 1. The average molecular weight is 1600 g/mol. The maximum Gasteiger partial charge on any atom is 0.394 e. The number of rotatable bonds is 7. The summed E-state index contributed by atoms with van der Waals surface area (Å²) in [5.41, 5.74) is 6.03. The fourth-order valence-electron chi connectivity index (χ4n) is 9.63. The van der Waals surface area contributed by atoms with Gasteiger partial charge in [0, 0.05) is 89.1 Å². The molecule has 0 radical (unpaired) electrons. The van der Waals surface area contributed by atoms with Crippen LogP contribution >= 0.6 is 0 Å². The molecule has 610 valence electrons. The molecule has 19 nitrogen and oxygen atoms in total. The Hall–Kier alpha value is -4.07. The lowest BCUT2D eigenvalue weighted by Gasteiger charge is -2.40. The van der Waals surface area contributed by atoms with Crippen LogP contribution in [0.25, 0.3) is 0 Å². The van der Waals surface area contributed by atoms with Crippen LogP contribution in [0.2, 0.25) is 0 Å². The number of hydrogen-bond acceptors (Lipinski definition) is 12. The van der Waals surface area contributed by atoms with Gasteiger partial charge in [0.25, 0.3) is 20.4 Å². The molecule has 0 aromatic heterocycles. The number of nitrogens with zero attached hydrogens (tertiary/aromatic N) is 7. The highest BCUT2D eigenvalue weighted by atomic mass is 32.2. The van der Waals surface area contributed by atoms with Gasteiger partial charge in [0.15, 0.2) is 9.84 Å². The molecule has 8 rings (SSSR count). The fourth-order valence-corrected chi connectivity index (χ4v) is 17.8. The number of halogens is 3. The van der Waals surface area contributed by atoms with Crippen molar-refractivity contribution in [2.75, 3.05) is 105 Å². The van der Waals surface area contributed by atoms with Crippen molar-refractivity contribution in [1.29, 1.82) is 0 Å². The maximum absolute atomic E-state index is 12.3. The normalized spacial score (nSPS) is 17.2. The molecule has 2 saturated heterocycles. The van der Waals surface area contributed by atoms with E-state index in [0.717, 1.165) is 43.8 Å². The Labute approximate surface area is 638 Å². The highest BCUT2D eigenvalue weighted by Crippen LogP contribution is 2.50. The molecule has 4 aromatic rings. The molecule has 0 bridgehead atoms. The zero-order valence-corrected chi connectivity index (χ0v) is 73.8. The second kappa shape index (κ2) is 39.7. The molecule has 0 atom stereocenters. The Kier molecular flexibility index (Phi) is 38.9. The molecular formula is C77H138F3N7O12S6. The summed E-state index contributed by atoms with van der Waals surface area (Å²) in [5.74, 6) is 1.24. The van der Waals surface area contributed by atoms with Crippen molar-refractivity contribution in [2.45, 2.75) is 219 Å². The molecule has 4 aromatic carbocycles. The number of benzene rings is 4. The van der Waals surface area contributed by atoms with Crippen LogP contribution in [0.1, 0.15) is 213 Å². The number of sulfonamides is 3. The molecule has 0 amide bonds. The van der Waals surface area contributed by atoms with E-state index in [1.54, 1.807) is 43.5 Å². The van der Waals surface area contributed by atoms with Crippen molar-refractivity contribution >= 4 is 66.0 Å². The van der Waals surface area contributed by atoms with E-state index in [4.69, 9.17) is 0 Å². The Morgan fingerprint density at radius 3 is 1.09 bits per heavy atom. The number of fused-ring (bicyclic) bond motifs is 2. The van der Waals surface area contributed by atoms with Crippen LogP contribution in [-0.2, 0) is 93.8 Å². The zero-order valence-electron chi connectivity index (χ0n) is 68.9. The van der Waals surface area contributed by atoms with Gasteiger partial charge in [0.1, 0.15) is 0 Å². The van der Waals surface area contributed by atoms with Gasteiger partial charge in [-0.3, -0.25) is 4.31 Å². The van der Waals surface area contributed by atoms with Crippen molar-refractivity contribution in [3.8, 4) is 0 Å². The van der Waals surface area contributed by atoms with Gasteiger partial charge < -0.3 is 0 Å². The molecule has 0 unspecified atom stereocenters. The Bertz CT molecular complexity index is 3920. The lowest BCUT2D eigenvalue weighted by molar-refractivity contribution is -0.243. The van der Waals surface area contributed by atoms with Gasteiger partial charge in [-0.2, -0.15) is 47.2 Å². The van der Waals surface area contributed by atoms with E-state index >= 15 is 0 Å². The lowest BCUT2D eigenvalue weighted by atomic mass is 9.69. The number of alkyl halides is 3. The molecular weight excluding hydrogens is 1460 g/mol. The highest BCUT2D eigenvalue weighted by Gasteiger charge is 2.54. The molecule has 28 heteroatoms. The van der Waals surface area contributed by atoms with E-state index in [2.05, 4.69) is 144 Å². The summed E-state index contributed by atoms with van der Waals surface area (Å²) in [4.78, 5) is 0. The molecule has 4 heterocycles. The SMILES string of the molecule is C.CC(C)(C)C(C)(C)C(F)(F)F.CC(C)(C)CN1CCCS1(=O)=O.CC(C)(C)CN1c2ccccc2CS1(=O)=O.CC(C)(C)c1ccc2c(c1)CS(=O)(=O)C2.CC(C)(C)c1ccccc1.CC(C)(C)c1ccccc1.CN(C)S(=O)(=O)N(C)C.CN(C)S(=O)(=O)N(C)CC(C)(C)C.CN1CCCS1(=O)=O. The van der Waals surface area contributed by atoms with E-state index in [9.17, 15) is 63.7 Å². The van der Waals surface area contributed by atoms with E-state index in [-0.39, 0.29) is 46.3 Å². The maximum atomic E-state index is 12.3. The largest absolute Gasteiger partial charge is 0.394 e. The minimum Gasteiger partial charge on any atom is -0.269 e. The number of anilines is 1. The molecule has 105 heavy (non-hydrogen) atoms. The van der Waals surface area contributed by atoms with Crippen molar-refractivity contribution in [3.05, 3.63) is 137 Å². The molecule has 0 aliphatic carbocycles.